The van der Waals surface area contributed by atoms with Gasteiger partial charge in [-0.25, -0.2) is 4.79 Å². The zero-order valence-corrected chi connectivity index (χ0v) is 18.1. The third-order valence-electron chi connectivity index (χ3n) is 5.05. The summed E-state index contributed by atoms with van der Waals surface area (Å²) in [7, 11) is 0. The standard InChI is InChI=1S/C22H30N4O6/c1-12(2)9-18(22(31)32)26-21(30)17(7-8-19(27)28)25-20(29)15(23)10-13-11-24-16-6-4-3-5-14(13)16/h3-6,11-12,15,17-18,24H,7-10,23H2,1-2H3,(H,25,29)(H,26,30)(H,27,28)(H,31,32)/t15-,17-,18-/m0/s1. The third-order valence-corrected chi connectivity index (χ3v) is 5.05. The van der Waals surface area contributed by atoms with Crippen LogP contribution in [0.25, 0.3) is 10.9 Å². The lowest BCUT2D eigenvalue weighted by Crippen LogP contribution is -2.55. The molecule has 1 aromatic carbocycles. The van der Waals surface area contributed by atoms with E-state index in [0.717, 1.165) is 16.5 Å². The van der Waals surface area contributed by atoms with Crippen molar-refractivity contribution in [1.29, 1.82) is 0 Å². The molecule has 3 atom stereocenters. The number of hydrogen-bond acceptors (Lipinski definition) is 5. The summed E-state index contributed by atoms with van der Waals surface area (Å²) < 4.78 is 0. The van der Waals surface area contributed by atoms with E-state index in [1.807, 2.05) is 38.1 Å². The first kappa shape index (κ1) is 24.9. The number of aromatic nitrogens is 1. The maximum absolute atomic E-state index is 12.7. The van der Waals surface area contributed by atoms with E-state index in [2.05, 4.69) is 15.6 Å². The number of aromatic amines is 1. The fourth-order valence-corrected chi connectivity index (χ4v) is 3.41. The summed E-state index contributed by atoms with van der Waals surface area (Å²) in [6.07, 6.45) is 1.59. The lowest BCUT2D eigenvalue weighted by atomic mass is 10.0. The molecule has 0 spiro atoms. The van der Waals surface area contributed by atoms with Gasteiger partial charge in [0.2, 0.25) is 11.8 Å². The van der Waals surface area contributed by atoms with Crippen LogP contribution in [0, 0.1) is 5.92 Å². The Morgan fingerprint density at radius 2 is 1.69 bits per heavy atom. The quantitative estimate of drug-likeness (QED) is 0.282. The van der Waals surface area contributed by atoms with Gasteiger partial charge in [-0.05, 0) is 36.8 Å². The van der Waals surface area contributed by atoms with Crippen LogP contribution >= 0.6 is 0 Å². The lowest BCUT2D eigenvalue weighted by molar-refractivity contribution is -0.143. The maximum Gasteiger partial charge on any atom is 0.326 e. The van der Waals surface area contributed by atoms with Crippen molar-refractivity contribution < 1.29 is 29.4 Å². The van der Waals surface area contributed by atoms with Crippen molar-refractivity contribution in [2.24, 2.45) is 11.7 Å². The fourth-order valence-electron chi connectivity index (χ4n) is 3.41. The summed E-state index contributed by atoms with van der Waals surface area (Å²) in [5, 5.41) is 24.1. The minimum atomic E-state index is -1.22. The van der Waals surface area contributed by atoms with Crippen LogP contribution in [0.1, 0.15) is 38.7 Å². The molecule has 0 unspecified atom stereocenters. The van der Waals surface area contributed by atoms with E-state index in [-0.39, 0.29) is 31.6 Å². The molecule has 1 heterocycles. The second-order valence-corrected chi connectivity index (χ2v) is 8.19. The van der Waals surface area contributed by atoms with Crippen LogP contribution in [0.3, 0.4) is 0 Å². The van der Waals surface area contributed by atoms with E-state index in [9.17, 15) is 24.3 Å². The van der Waals surface area contributed by atoms with Gasteiger partial charge in [-0.3, -0.25) is 14.4 Å². The average molecular weight is 447 g/mol. The molecule has 10 heteroatoms. The molecule has 2 amide bonds. The summed E-state index contributed by atoms with van der Waals surface area (Å²) >= 11 is 0. The molecular weight excluding hydrogens is 416 g/mol. The van der Waals surface area contributed by atoms with Gasteiger partial charge in [0.15, 0.2) is 0 Å². The number of nitrogens with two attached hydrogens (primary N) is 1. The van der Waals surface area contributed by atoms with Gasteiger partial charge in [0.1, 0.15) is 12.1 Å². The Bertz CT molecular complexity index is 970. The molecule has 0 saturated carbocycles. The summed E-state index contributed by atoms with van der Waals surface area (Å²) in [5.41, 5.74) is 7.78. The summed E-state index contributed by atoms with van der Waals surface area (Å²) in [6, 6.07) is 4.19. The van der Waals surface area contributed by atoms with Gasteiger partial charge in [-0.1, -0.05) is 32.0 Å². The number of H-pyrrole nitrogens is 1. The van der Waals surface area contributed by atoms with E-state index < -0.39 is 41.9 Å². The first-order valence-corrected chi connectivity index (χ1v) is 10.4. The number of nitrogens with one attached hydrogen (secondary N) is 3. The second kappa shape index (κ2) is 11.3. The first-order valence-electron chi connectivity index (χ1n) is 10.4. The number of carboxylic acids is 2. The fraction of sp³-hybridized carbons (Fsp3) is 0.455. The van der Waals surface area contributed by atoms with Gasteiger partial charge in [0.05, 0.1) is 6.04 Å². The zero-order chi connectivity index (χ0) is 23.8. The number of carboxylic acid groups (broad SMARTS) is 2. The van der Waals surface area contributed by atoms with Crippen LogP contribution in [0.5, 0.6) is 0 Å². The highest BCUT2D eigenvalue weighted by Crippen LogP contribution is 2.19. The molecule has 0 bridgehead atoms. The molecule has 1 aromatic heterocycles. The van der Waals surface area contributed by atoms with Crippen molar-refractivity contribution in [3.8, 4) is 0 Å². The topological polar surface area (TPSA) is 175 Å². The molecule has 0 fully saturated rings. The molecule has 10 nitrogen and oxygen atoms in total. The Hall–Kier alpha value is -3.40. The predicted octanol–water partition coefficient (Wildman–Crippen LogP) is 1.00. The van der Waals surface area contributed by atoms with Crippen molar-refractivity contribution >= 4 is 34.7 Å². The molecule has 0 saturated heterocycles. The summed E-state index contributed by atoms with van der Waals surface area (Å²) in [6.45, 7) is 3.63. The number of para-hydroxylation sites is 1. The normalized spacial score (nSPS) is 14.0. The number of amides is 2. The molecule has 7 N–H and O–H groups in total. The highest BCUT2D eigenvalue weighted by atomic mass is 16.4. The van der Waals surface area contributed by atoms with Crippen LogP contribution in [-0.4, -0.2) is 57.1 Å². The van der Waals surface area contributed by atoms with E-state index in [4.69, 9.17) is 10.8 Å². The Labute approximate surface area is 185 Å². The minimum absolute atomic E-state index is 0.00746. The molecule has 0 aliphatic carbocycles. The van der Waals surface area contributed by atoms with E-state index in [1.54, 1.807) is 6.20 Å². The van der Waals surface area contributed by atoms with E-state index in [0.29, 0.717) is 0 Å². The zero-order valence-electron chi connectivity index (χ0n) is 18.1. The second-order valence-electron chi connectivity index (χ2n) is 8.19. The van der Waals surface area contributed by atoms with Crippen molar-refractivity contribution in [3.63, 3.8) is 0 Å². The number of carbonyl (C=O) groups excluding carboxylic acids is 2. The molecule has 0 radical (unpaired) electrons. The van der Waals surface area contributed by atoms with Crippen LogP contribution < -0.4 is 16.4 Å². The molecule has 32 heavy (non-hydrogen) atoms. The van der Waals surface area contributed by atoms with Gasteiger partial charge in [0.25, 0.3) is 0 Å². The van der Waals surface area contributed by atoms with Crippen LogP contribution in [0.15, 0.2) is 30.5 Å². The lowest BCUT2D eigenvalue weighted by Gasteiger charge is -2.23. The highest BCUT2D eigenvalue weighted by Gasteiger charge is 2.29. The highest BCUT2D eigenvalue weighted by molar-refractivity contribution is 5.92. The molecule has 0 aliphatic rings. The Balaban J connectivity index is 2.08. The summed E-state index contributed by atoms with van der Waals surface area (Å²) in [4.78, 5) is 50.9. The Morgan fingerprint density at radius 3 is 2.31 bits per heavy atom. The van der Waals surface area contributed by atoms with Crippen molar-refractivity contribution in [1.82, 2.24) is 15.6 Å². The van der Waals surface area contributed by atoms with E-state index in [1.165, 1.54) is 0 Å². The Kier molecular flexibility index (Phi) is 8.77. The van der Waals surface area contributed by atoms with Crippen molar-refractivity contribution in [2.45, 2.75) is 57.7 Å². The molecule has 174 valence electrons. The van der Waals surface area contributed by atoms with E-state index >= 15 is 0 Å². The van der Waals surface area contributed by atoms with Gasteiger partial charge in [-0.2, -0.15) is 0 Å². The number of rotatable bonds is 12. The van der Waals surface area contributed by atoms with Gasteiger partial charge in [-0.15, -0.1) is 0 Å². The van der Waals surface area contributed by atoms with Crippen LogP contribution in [-0.2, 0) is 25.6 Å². The third kappa shape index (κ3) is 7.09. The Morgan fingerprint density at radius 1 is 1.03 bits per heavy atom. The van der Waals surface area contributed by atoms with Gasteiger partial charge in [0, 0.05) is 23.5 Å². The molecule has 2 aromatic rings. The van der Waals surface area contributed by atoms with Crippen LogP contribution in [0.2, 0.25) is 0 Å². The minimum Gasteiger partial charge on any atom is -0.481 e. The predicted molar refractivity (Wildman–Crippen MR) is 118 cm³/mol. The average Bonchev–Trinajstić information content (AvgIpc) is 3.12. The monoisotopic (exact) mass is 446 g/mol. The first-order chi connectivity index (χ1) is 15.1. The largest absolute Gasteiger partial charge is 0.481 e. The SMILES string of the molecule is CC(C)C[C@H](NC(=O)[C@H](CCC(=O)O)NC(=O)[C@@H](N)Cc1c[nH]c2ccccc12)C(=O)O. The smallest absolute Gasteiger partial charge is 0.326 e. The van der Waals surface area contributed by atoms with Gasteiger partial charge >= 0.3 is 11.9 Å². The number of fused-ring (bicyclic) bond motifs is 1. The number of benzene rings is 1. The van der Waals surface area contributed by atoms with Gasteiger partial charge < -0.3 is 31.6 Å². The van der Waals surface area contributed by atoms with Crippen molar-refractivity contribution in [3.05, 3.63) is 36.0 Å². The molecule has 2 rings (SSSR count). The molecular formula is C22H30N4O6. The molecule has 0 aliphatic heterocycles. The maximum atomic E-state index is 12.7. The summed E-state index contributed by atoms with van der Waals surface area (Å²) in [5.74, 6) is -3.72. The number of hydrogen-bond donors (Lipinski definition) is 6. The number of aliphatic carboxylic acids is 2. The van der Waals surface area contributed by atoms with Crippen LogP contribution in [0.4, 0.5) is 0 Å². The number of carbonyl (C=O) groups is 4. The van der Waals surface area contributed by atoms with Crippen molar-refractivity contribution in [2.75, 3.05) is 0 Å².